The first-order valence-electron chi connectivity index (χ1n) is 5.57. The number of morpholine rings is 1. The summed E-state index contributed by atoms with van der Waals surface area (Å²) in [7, 11) is 0. The summed E-state index contributed by atoms with van der Waals surface area (Å²) in [5, 5.41) is 14.0. The molecule has 1 saturated heterocycles. The van der Waals surface area contributed by atoms with Crippen LogP contribution in [0.25, 0.3) is 0 Å². The van der Waals surface area contributed by atoms with Gasteiger partial charge in [0.05, 0.1) is 25.5 Å². The SMILES string of the molecule is O=C(N/N=C\c1ccc([N+](=O)[O-])o1)N1CCOCC1. The van der Waals surface area contributed by atoms with Crippen LogP contribution in [0, 0.1) is 10.1 Å². The number of carbonyl (C=O) groups is 1. The van der Waals surface area contributed by atoms with Gasteiger partial charge < -0.3 is 14.1 Å². The van der Waals surface area contributed by atoms with Gasteiger partial charge in [-0.05, 0) is 6.07 Å². The minimum Gasteiger partial charge on any atom is -0.400 e. The average Bonchev–Trinajstić information content (AvgIpc) is 2.89. The van der Waals surface area contributed by atoms with E-state index in [0.29, 0.717) is 26.3 Å². The maximum Gasteiger partial charge on any atom is 0.433 e. The Morgan fingerprint density at radius 1 is 1.47 bits per heavy atom. The van der Waals surface area contributed by atoms with Crippen molar-refractivity contribution < 1.29 is 18.9 Å². The Morgan fingerprint density at radius 2 is 2.21 bits per heavy atom. The number of nitrogens with one attached hydrogen (secondary N) is 1. The third-order valence-electron chi connectivity index (χ3n) is 2.44. The highest BCUT2D eigenvalue weighted by Gasteiger charge is 2.16. The van der Waals surface area contributed by atoms with E-state index in [9.17, 15) is 14.9 Å². The fourth-order valence-electron chi connectivity index (χ4n) is 1.50. The minimum atomic E-state index is -0.649. The average molecular weight is 268 g/mol. The Morgan fingerprint density at radius 3 is 2.84 bits per heavy atom. The number of amides is 2. The molecular formula is C10H12N4O5. The number of nitrogens with zero attached hydrogens (tertiary/aromatic N) is 3. The molecule has 1 aromatic heterocycles. The van der Waals surface area contributed by atoms with Gasteiger partial charge in [0.15, 0.2) is 5.76 Å². The number of urea groups is 1. The van der Waals surface area contributed by atoms with E-state index < -0.39 is 4.92 Å². The smallest absolute Gasteiger partial charge is 0.400 e. The number of rotatable bonds is 3. The molecule has 2 amide bonds. The van der Waals surface area contributed by atoms with Crippen LogP contribution in [0.3, 0.4) is 0 Å². The number of ether oxygens (including phenoxy) is 1. The Labute approximate surface area is 108 Å². The third-order valence-corrected chi connectivity index (χ3v) is 2.44. The van der Waals surface area contributed by atoms with E-state index in [4.69, 9.17) is 9.15 Å². The molecular weight excluding hydrogens is 256 g/mol. The first-order chi connectivity index (χ1) is 9.16. The molecule has 2 heterocycles. The molecule has 102 valence electrons. The number of hydrogen-bond acceptors (Lipinski definition) is 6. The van der Waals surface area contributed by atoms with Gasteiger partial charge in [-0.2, -0.15) is 5.10 Å². The van der Waals surface area contributed by atoms with Crippen LogP contribution in [0.4, 0.5) is 10.7 Å². The summed E-state index contributed by atoms with van der Waals surface area (Å²) in [5.74, 6) is -0.185. The Hall–Kier alpha value is -2.42. The predicted octanol–water partition coefficient (Wildman–Crippen LogP) is 0.564. The number of hydrazone groups is 1. The molecule has 1 aromatic rings. The van der Waals surface area contributed by atoms with Gasteiger partial charge in [-0.1, -0.05) is 0 Å². The van der Waals surface area contributed by atoms with Gasteiger partial charge in [-0.3, -0.25) is 10.1 Å². The molecule has 0 aromatic carbocycles. The highest BCUT2D eigenvalue weighted by atomic mass is 16.6. The molecule has 0 saturated carbocycles. The van der Waals surface area contributed by atoms with E-state index in [1.165, 1.54) is 18.3 Å². The topological polar surface area (TPSA) is 110 Å². The predicted molar refractivity (Wildman–Crippen MR) is 63.9 cm³/mol. The van der Waals surface area contributed by atoms with E-state index in [1.807, 2.05) is 0 Å². The first kappa shape index (κ1) is 13.0. The van der Waals surface area contributed by atoms with E-state index in [2.05, 4.69) is 10.5 Å². The largest absolute Gasteiger partial charge is 0.433 e. The molecule has 1 fully saturated rings. The van der Waals surface area contributed by atoms with Crippen molar-refractivity contribution in [2.75, 3.05) is 26.3 Å². The lowest BCUT2D eigenvalue weighted by Crippen LogP contribution is -2.44. The summed E-state index contributed by atoms with van der Waals surface area (Å²) >= 11 is 0. The molecule has 0 aliphatic carbocycles. The second-order valence-electron chi connectivity index (χ2n) is 3.71. The van der Waals surface area contributed by atoms with Crippen molar-refractivity contribution in [3.8, 4) is 0 Å². The molecule has 1 aliphatic rings. The lowest BCUT2D eigenvalue weighted by Gasteiger charge is -2.25. The van der Waals surface area contributed by atoms with Crippen LogP contribution < -0.4 is 5.43 Å². The van der Waals surface area contributed by atoms with Crippen LogP contribution in [-0.4, -0.2) is 48.4 Å². The first-order valence-corrected chi connectivity index (χ1v) is 5.57. The van der Waals surface area contributed by atoms with E-state index >= 15 is 0 Å². The van der Waals surface area contributed by atoms with Crippen LogP contribution in [0.15, 0.2) is 21.7 Å². The van der Waals surface area contributed by atoms with Gasteiger partial charge in [0.2, 0.25) is 0 Å². The van der Waals surface area contributed by atoms with Crippen LogP contribution in [0.1, 0.15) is 5.76 Å². The molecule has 2 rings (SSSR count). The summed E-state index contributed by atoms with van der Waals surface area (Å²) in [6.45, 7) is 2.02. The summed E-state index contributed by atoms with van der Waals surface area (Å²) in [6.07, 6.45) is 1.20. The Balaban J connectivity index is 1.84. The molecule has 0 bridgehead atoms. The van der Waals surface area contributed by atoms with Gasteiger partial charge in [0, 0.05) is 13.1 Å². The molecule has 9 nitrogen and oxygen atoms in total. The number of nitro groups is 1. The molecule has 0 radical (unpaired) electrons. The number of carbonyl (C=O) groups excluding carboxylic acids is 1. The van der Waals surface area contributed by atoms with Crippen molar-refractivity contribution in [3.05, 3.63) is 28.0 Å². The van der Waals surface area contributed by atoms with Crippen molar-refractivity contribution in [1.29, 1.82) is 0 Å². The normalized spacial score (nSPS) is 15.7. The van der Waals surface area contributed by atoms with Crippen molar-refractivity contribution in [1.82, 2.24) is 10.3 Å². The fraction of sp³-hybridized carbons (Fsp3) is 0.400. The zero-order valence-corrected chi connectivity index (χ0v) is 9.94. The zero-order valence-electron chi connectivity index (χ0n) is 9.94. The summed E-state index contributed by atoms with van der Waals surface area (Å²) in [4.78, 5) is 22.9. The number of furan rings is 1. The summed E-state index contributed by atoms with van der Waals surface area (Å²) in [6, 6.07) is 2.26. The highest BCUT2D eigenvalue weighted by molar-refractivity contribution is 5.79. The standard InChI is InChI=1S/C10H12N4O5/c15-10(13-3-5-18-6-4-13)12-11-7-8-1-2-9(19-8)14(16)17/h1-2,7H,3-6H2,(H,12,15)/b11-7-. The summed E-state index contributed by atoms with van der Waals surface area (Å²) < 4.78 is 9.95. The van der Waals surface area contributed by atoms with Crippen LogP contribution >= 0.6 is 0 Å². The lowest BCUT2D eigenvalue weighted by atomic mass is 10.4. The Bertz CT molecular complexity index is 492. The van der Waals surface area contributed by atoms with Crippen molar-refractivity contribution >= 4 is 18.1 Å². The minimum absolute atomic E-state index is 0.189. The maximum absolute atomic E-state index is 11.6. The summed E-state index contributed by atoms with van der Waals surface area (Å²) in [5.41, 5.74) is 2.31. The van der Waals surface area contributed by atoms with Gasteiger partial charge in [-0.25, -0.2) is 10.2 Å². The molecule has 0 atom stereocenters. The molecule has 9 heteroatoms. The Kier molecular flexibility index (Phi) is 4.08. The van der Waals surface area contributed by atoms with E-state index in [-0.39, 0.29) is 17.7 Å². The van der Waals surface area contributed by atoms with Crippen molar-refractivity contribution in [2.45, 2.75) is 0 Å². The molecule has 1 aliphatic heterocycles. The van der Waals surface area contributed by atoms with Gasteiger partial charge >= 0.3 is 11.9 Å². The quantitative estimate of drug-likeness (QED) is 0.489. The van der Waals surface area contributed by atoms with Crippen molar-refractivity contribution in [2.24, 2.45) is 5.10 Å². The molecule has 0 unspecified atom stereocenters. The third kappa shape index (κ3) is 3.52. The van der Waals surface area contributed by atoms with Gasteiger partial charge in [0.25, 0.3) is 0 Å². The lowest BCUT2D eigenvalue weighted by molar-refractivity contribution is -0.402. The van der Waals surface area contributed by atoms with E-state index in [0.717, 1.165) is 0 Å². The molecule has 19 heavy (non-hydrogen) atoms. The second-order valence-corrected chi connectivity index (χ2v) is 3.71. The number of hydrogen-bond donors (Lipinski definition) is 1. The zero-order chi connectivity index (χ0) is 13.7. The molecule has 0 spiro atoms. The van der Waals surface area contributed by atoms with E-state index in [1.54, 1.807) is 4.90 Å². The van der Waals surface area contributed by atoms with Gasteiger partial charge in [-0.15, -0.1) is 0 Å². The van der Waals surface area contributed by atoms with Gasteiger partial charge in [0.1, 0.15) is 4.92 Å². The fourth-order valence-corrected chi connectivity index (χ4v) is 1.50. The maximum atomic E-state index is 11.6. The van der Waals surface area contributed by atoms with Crippen molar-refractivity contribution in [3.63, 3.8) is 0 Å². The monoisotopic (exact) mass is 268 g/mol. The molecule has 1 N–H and O–H groups in total. The highest BCUT2D eigenvalue weighted by Crippen LogP contribution is 2.13. The van der Waals surface area contributed by atoms with Crippen LogP contribution in [0.2, 0.25) is 0 Å². The second kappa shape index (κ2) is 5.96. The van der Waals surface area contributed by atoms with Crippen LogP contribution in [0.5, 0.6) is 0 Å². The van der Waals surface area contributed by atoms with Crippen LogP contribution in [-0.2, 0) is 4.74 Å².